The number of ether oxygens (including phenoxy) is 1. The summed E-state index contributed by atoms with van der Waals surface area (Å²) >= 11 is 0. The molecule has 0 radical (unpaired) electrons. The van der Waals surface area contributed by atoms with Crippen molar-refractivity contribution in [3.8, 4) is 0 Å². The quantitative estimate of drug-likeness (QED) is 0.627. The lowest BCUT2D eigenvalue weighted by Crippen LogP contribution is -2.79. The number of amides is 1. The van der Waals surface area contributed by atoms with E-state index in [0.29, 0.717) is 6.54 Å². The highest BCUT2D eigenvalue weighted by molar-refractivity contribution is 5.70. The molecule has 0 aromatic carbocycles. The predicted molar refractivity (Wildman–Crippen MR) is 71.8 cm³/mol. The molecule has 19 heavy (non-hydrogen) atoms. The minimum atomic E-state index is -1.00. The second-order valence-electron chi connectivity index (χ2n) is 6.80. The number of aliphatic hydroxyl groups is 1. The number of hydrogen-bond donors (Lipinski definition) is 3. The molecule has 2 rings (SSSR count). The summed E-state index contributed by atoms with van der Waals surface area (Å²) in [5.74, 6) is 0. The van der Waals surface area contributed by atoms with Gasteiger partial charge in [-0.2, -0.15) is 0 Å². The molecule has 1 amide bonds. The molecule has 0 aliphatic carbocycles. The fourth-order valence-electron chi connectivity index (χ4n) is 2.68. The highest BCUT2D eigenvalue weighted by atomic mass is 16.6. The van der Waals surface area contributed by atoms with Crippen molar-refractivity contribution in [2.75, 3.05) is 26.2 Å². The van der Waals surface area contributed by atoms with Crippen LogP contribution < -0.4 is 11.1 Å². The molecule has 110 valence electrons. The number of β-amino-alcohol motifs (C(OH)–C–C–N with tert-alkyl or cyclic N) is 1. The summed E-state index contributed by atoms with van der Waals surface area (Å²) < 4.78 is 5.27. The van der Waals surface area contributed by atoms with E-state index < -0.39 is 16.7 Å². The SMILES string of the molecule is CC(C)(C)OC(=O)N1CC(O)(C2(N)CCCNC2)C1. The Kier molecular flexibility index (Phi) is 3.53. The summed E-state index contributed by atoms with van der Waals surface area (Å²) in [6.45, 7) is 7.50. The molecular formula is C13H25N3O3. The zero-order valence-electron chi connectivity index (χ0n) is 12.0. The van der Waals surface area contributed by atoms with Gasteiger partial charge in [-0.1, -0.05) is 0 Å². The number of nitrogens with one attached hydrogen (secondary N) is 1. The predicted octanol–water partition coefficient (Wildman–Crippen LogP) is 0.0491. The molecule has 2 aliphatic rings. The molecule has 0 aromatic heterocycles. The van der Waals surface area contributed by atoms with Crippen LogP contribution in [0, 0.1) is 0 Å². The van der Waals surface area contributed by atoms with Crippen molar-refractivity contribution < 1.29 is 14.6 Å². The number of rotatable bonds is 1. The number of likely N-dealkylation sites (tertiary alicyclic amines) is 1. The summed E-state index contributed by atoms with van der Waals surface area (Å²) in [5, 5.41) is 13.8. The molecule has 0 spiro atoms. The monoisotopic (exact) mass is 271 g/mol. The average Bonchev–Trinajstić information content (AvgIpc) is 2.23. The van der Waals surface area contributed by atoms with Crippen LogP contribution in [0.2, 0.25) is 0 Å². The highest BCUT2D eigenvalue weighted by Gasteiger charge is 2.57. The van der Waals surface area contributed by atoms with Gasteiger partial charge in [-0.25, -0.2) is 4.79 Å². The standard InChI is InChI=1S/C13H25N3O3/c1-11(2,3)19-10(17)16-8-13(18,9-16)12(14)5-4-6-15-7-12/h15,18H,4-9,14H2,1-3H3. The molecule has 2 fully saturated rings. The Hall–Kier alpha value is -0.850. The van der Waals surface area contributed by atoms with Crippen molar-refractivity contribution in [1.29, 1.82) is 0 Å². The number of carbonyl (C=O) groups is 1. The maximum absolute atomic E-state index is 11.9. The van der Waals surface area contributed by atoms with Gasteiger partial charge in [-0.3, -0.25) is 0 Å². The number of nitrogens with zero attached hydrogens (tertiary/aromatic N) is 1. The van der Waals surface area contributed by atoms with E-state index >= 15 is 0 Å². The summed E-state index contributed by atoms with van der Waals surface area (Å²) in [5.41, 5.74) is 4.13. The maximum Gasteiger partial charge on any atom is 0.410 e. The Bertz CT molecular complexity index is 353. The first-order chi connectivity index (χ1) is 8.65. The fraction of sp³-hybridized carbons (Fsp3) is 0.923. The molecular weight excluding hydrogens is 246 g/mol. The summed E-state index contributed by atoms with van der Waals surface area (Å²) in [6, 6.07) is 0. The molecule has 2 heterocycles. The summed E-state index contributed by atoms with van der Waals surface area (Å²) in [7, 11) is 0. The third-order valence-electron chi connectivity index (χ3n) is 3.90. The van der Waals surface area contributed by atoms with Gasteiger partial charge in [0, 0.05) is 6.54 Å². The van der Waals surface area contributed by atoms with Gasteiger partial charge in [0.25, 0.3) is 0 Å². The lowest BCUT2D eigenvalue weighted by molar-refractivity contribution is -0.145. The van der Waals surface area contributed by atoms with Crippen LogP contribution in [0.15, 0.2) is 0 Å². The number of piperidine rings is 1. The van der Waals surface area contributed by atoms with Crippen LogP contribution in [-0.4, -0.2) is 59.0 Å². The molecule has 1 atom stereocenters. The first kappa shape index (κ1) is 14.6. The van der Waals surface area contributed by atoms with Gasteiger partial charge >= 0.3 is 6.09 Å². The first-order valence-corrected chi connectivity index (χ1v) is 6.85. The third-order valence-corrected chi connectivity index (χ3v) is 3.90. The van der Waals surface area contributed by atoms with Gasteiger partial charge in [-0.05, 0) is 40.2 Å². The second kappa shape index (κ2) is 4.61. The topological polar surface area (TPSA) is 87.8 Å². The number of nitrogens with two attached hydrogens (primary N) is 1. The number of hydrogen-bond acceptors (Lipinski definition) is 5. The normalized spacial score (nSPS) is 30.7. The van der Waals surface area contributed by atoms with Gasteiger partial charge in [0.2, 0.25) is 0 Å². The van der Waals surface area contributed by atoms with E-state index in [0.717, 1.165) is 19.4 Å². The number of carbonyl (C=O) groups excluding carboxylic acids is 1. The summed E-state index contributed by atoms with van der Waals surface area (Å²) in [4.78, 5) is 13.4. The van der Waals surface area contributed by atoms with Crippen molar-refractivity contribution >= 4 is 6.09 Å². The molecule has 1 unspecified atom stereocenters. The van der Waals surface area contributed by atoms with Gasteiger partial charge < -0.3 is 25.8 Å². The van der Waals surface area contributed by atoms with Crippen LogP contribution in [0.1, 0.15) is 33.6 Å². The lowest BCUT2D eigenvalue weighted by atomic mass is 9.71. The first-order valence-electron chi connectivity index (χ1n) is 6.85. The summed E-state index contributed by atoms with van der Waals surface area (Å²) in [6.07, 6.45) is 1.34. The van der Waals surface area contributed by atoms with E-state index in [1.54, 1.807) is 0 Å². The van der Waals surface area contributed by atoms with Gasteiger partial charge in [0.05, 0.1) is 18.6 Å². The minimum absolute atomic E-state index is 0.250. The van der Waals surface area contributed by atoms with Crippen molar-refractivity contribution in [2.24, 2.45) is 5.73 Å². The molecule has 0 bridgehead atoms. The molecule has 4 N–H and O–H groups in total. The van der Waals surface area contributed by atoms with E-state index in [9.17, 15) is 9.90 Å². The third kappa shape index (κ3) is 2.85. The highest BCUT2D eigenvalue weighted by Crippen LogP contribution is 2.35. The average molecular weight is 271 g/mol. The van der Waals surface area contributed by atoms with Gasteiger partial charge in [-0.15, -0.1) is 0 Å². The molecule has 0 saturated carbocycles. The zero-order chi connectivity index (χ0) is 14.3. The molecule has 6 nitrogen and oxygen atoms in total. The Morgan fingerprint density at radius 2 is 2.05 bits per heavy atom. The second-order valence-corrected chi connectivity index (χ2v) is 6.80. The van der Waals surface area contributed by atoms with Crippen molar-refractivity contribution in [2.45, 2.75) is 50.4 Å². The maximum atomic E-state index is 11.9. The van der Waals surface area contributed by atoms with Crippen LogP contribution in [0.4, 0.5) is 4.79 Å². The zero-order valence-corrected chi connectivity index (χ0v) is 12.0. The Labute approximate surface area is 114 Å². The van der Waals surface area contributed by atoms with Crippen molar-refractivity contribution in [3.05, 3.63) is 0 Å². The fourth-order valence-corrected chi connectivity index (χ4v) is 2.68. The van der Waals surface area contributed by atoms with Crippen molar-refractivity contribution in [3.63, 3.8) is 0 Å². The lowest BCUT2D eigenvalue weighted by Gasteiger charge is -2.56. The molecule has 2 aliphatic heterocycles. The van der Waals surface area contributed by atoms with E-state index in [4.69, 9.17) is 10.5 Å². The smallest absolute Gasteiger partial charge is 0.410 e. The Balaban J connectivity index is 1.92. The molecule has 0 aromatic rings. The van der Waals surface area contributed by atoms with Crippen LogP contribution >= 0.6 is 0 Å². The molecule has 6 heteroatoms. The van der Waals surface area contributed by atoms with Crippen molar-refractivity contribution in [1.82, 2.24) is 10.2 Å². The van der Waals surface area contributed by atoms with Crippen LogP contribution in [0.3, 0.4) is 0 Å². The van der Waals surface area contributed by atoms with Crippen LogP contribution in [0.25, 0.3) is 0 Å². The van der Waals surface area contributed by atoms with Crippen LogP contribution in [0.5, 0.6) is 0 Å². The van der Waals surface area contributed by atoms with E-state index in [-0.39, 0.29) is 19.2 Å². The van der Waals surface area contributed by atoms with E-state index in [2.05, 4.69) is 5.32 Å². The van der Waals surface area contributed by atoms with E-state index in [1.165, 1.54) is 4.90 Å². The van der Waals surface area contributed by atoms with E-state index in [1.807, 2.05) is 20.8 Å². The van der Waals surface area contributed by atoms with Gasteiger partial charge in [0.1, 0.15) is 11.2 Å². The Morgan fingerprint density at radius 3 is 2.53 bits per heavy atom. The van der Waals surface area contributed by atoms with Crippen LogP contribution in [-0.2, 0) is 4.74 Å². The minimum Gasteiger partial charge on any atom is -0.444 e. The Morgan fingerprint density at radius 1 is 1.42 bits per heavy atom. The molecule has 2 saturated heterocycles. The van der Waals surface area contributed by atoms with Gasteiger partial charge in [0.15, 0.2) is 0 Å². The largest absolute Gasteiger partial charge is 0.444 e.